The number of anilines is 1. The molecule has 1 aliphatic heterocycles. The average molecular weight is 392 g/mol. The first-order valence-electron chi connectivity index (χ1n) is 8.97. The van der Waals surface area contributed by atoms with Gasteiger partial charge in [-0.3, -0.25) is 9.69 Å². The zero-order chi connectivity index (χ0) is 21.1. The largest absolute Gasteiger partial charge is 0.480 e. The van der Waals surface area contributed by atoms with E-state index in [9.17, 15) is 23.9 Å². The van der Waals surface area contributed by atoms with E-state index in [1.165, 1.54) is 12.1 Å². The lowest BCUT2D eigenvalue weighted by Crippen LogP contribution is -2.39. The highest BCUT2D eigenvalue weighted by Gasteiger charge is 2.37. The van der Waals surface area contributed by atoms with Crippen molar-refractivity contribution in [2.24, 2.45) is 0 Å². The normalized spacial score (nSPS) is 17.9. The van der Waals surface area contributed by atoms with Gasteiger partial charge in [0.15, 0.2) is 0 Å². The Morgan fingerprint density at radius 2 is 2.11 bits per heavy atom. The molecule has 28 heavy (non-hydrogen) atoms. The average Bonchev–Trinajstić information content (AvgIpc) is 2.94. The molecule has 2 N–H and O–H groups in total. The van der Waals surface area contributed by atoms with E-state index < -0.39 is 35.6 Å². The molecule has 1 aromatic carbocycles. The fraction of sp³-hybridized carbons (Fsp3) is 0.450. The van der Waals surface area contributed by atoms with E-state index in [2.05, 4.69) is 11.9 Å². The van der Waals surface area contributed by atoms with Gasteiger partial charge >= 0.3 is 12.1 Å². The number of carbonyl (C=O) groups excluding carboxylic acids is 2. The fourth-order valence-corrected chi connectivity index (χ4v) is 3.07. The quantitative estimate of drug-likeness (QED) is 0.722. The summed E-state index contributed by atoms with van der Waals surface area (Å²) in [5.74, 6) is -2.17. The summed E-state index contributed by atoms with van der Waals surface area (Å²) in [5.41, 5.74) is -0.179. The molecule has 0 saturated carbocycles. The monoisotopic (exact) mass is 392 g/mol. The molecule has 0 spiro atoms. The van der Waals surface area contributed by atoms with Gasteiger partial charge in [0.25, 0.3) is 0 Å². The van der Waals surface area contributed by atoms with E-state index in [0.29, 0.717) is 12.0 Å². The van der Waals surface area contributed by atoms with Crippen LogP contribution in [0, 0.1) is 5.82 Å². The Bertz CT molecular complexity index is 787. The molecule has 2 rings (SSSR count). The van der Waals surface area contributed by atoms with Crippen LogP contribution in [-0.4, -0.2) is 34.7 Å². The number of rotatable bonds is 6. The summed E-state index contributed by atoms with van der Waals surface area (Å²) in [6.07, 6.45) is 1.42. The van der Waals surface area contributed by atoms with Gasteiger partial charge in [-0.2, -0.15) is 0 Å². The van der Waals surface area contributed by atoms with Crippen molar-refractivity contribution < 1.29 is 28.6 Å². The highest BCUT2D eigenvalue weighted by molar-refractivity contribution is 6.02. The Morgan fingerprint density at radius 3 is 2.68 bits per heavy atom. The van der Waals surface area contributed by atoms with Crippen LogP contribution in [0.15, 0.2) is 30.9 Å². The van der Waals surface area contributed by atoms with Crippen molar-refractivity contribution in [3.05, 3.63) is 42.2 Å². The van der Waals surface area contributed by atoms with Gasteiger partial charge in [-0.05, 0) is 57.4 Å². The number of halogens is 1. The molecule has 1 unspecified atom stereocenters. The van der Waals surface area contributed by atoms with Crippen LogP contribution in [0.2, 0.25) is 0 Å². The van der Waals surface area contributed by atoms with Crippen molar-refractivity contribution in [2.45, 2.75) is 57.7 Å². The number of nitrogens with zero attached hydrogens (tertiary/aromatic N) is 1. The Hall–Kier alpha value is -2.90. The van der Waals surface area contributed by atoms with Crippen molar-refractivity contribution in [3.63, 3.8) is 0 Å². The molecular formula is C20H25FN2O5. The molecule has 2 amide bonds. The second-order valence-electron chi connectivity index (χ2n) is 7.62. The third-order valence-corrected chi connectivity index (χ3v) is 4.18. The Morgan fingerprint density at radius 1 is 1.43 bits per heavy atom. The Labute approximate surface area is 163 Å². The number of ether oxygens (including phenoxy) is 1. The number of carbonyl (C=O) groups is 3. The van der Waals surface area contributed by atoms with Crippen LogP contribution in [0.25, 0.3) is 0 Å². The number of nitrogens with one attached hydrogen (secondary N) is 1. The van der Waals surface area contributed by atoms with Gasteiger partial charge in [0, 0.05) is 12.1 Å². The standard InChI is InChI=1S/C20H25FN2O5/c1-5-6-15(22-19(27)28-20(2,3)4)12-9-13(21)11-14(10-12)23-16(18(25)26)7-8-17(23)24/h5,9-11,15-16H,1,6-8H2,2-4H3,(H,22,27)(H,25,26)/t15?,16-/m1/s1. The van der Waals surface area contributed by atoms with Crippen LogP contribution < -0.4 is 10.2 Å². The van der Waals surface area contributed by atoms with E-state index >= 15 is 0 Å². The Balaban J connectivity index is 2.35. The lowest BCUT2D eigenvalue weighted by Gasteiger charge is -2.26. The van der Waals surface area contributed by atoms with Crippen LogP contribution in [-0.2, 0) is 14.3 Å². The van der Waals surface area contributed by atoms with Gasteiger partial charge in [-0.15, -0.1) is 6.58 Å². The maximum absolute atomic E-state index is 14.3. The molecule has 0 aromatic heterocycles. The minimum atomic E-state index is -1.15. The predicted octanol–water partition coefficient (Wildman–Crippen LogP) is 3.55. The summed E-state index contributed by atoms with van der Waals surface area (Å²) in [5, 5.41) is 12.0. The predicted molar refractivity (Wildman–Crippen MR) is 101 cm³/mol. The highest BCUT2D eigenvalue weighted by Crippen LogP contribution is 2.31. The second-order valence-corrected chi connectivity index (χ2v) is 7.62. The lowest BCUT2D eigenvalue weighted by atomic mass is 10.0. The summed E-state index contributed by atoms with van der Waals surface area (Å²) >= 11 is 0. The van der Waals surface area contributed by atoms with Crippen LogP contribution in [0.3, 0.4) is 0 Å². The first kappa shape index (κ1) is 21.4. The molecule has 152 valence electrons. The third-order valence-electron chi connectivity index (χ3n) is 4.18. The molecule has 1 aromatic rings. The molecule has 2 atom stereocenters. The number of alkyl carbamates (subject to hydrolysis) is 1. The molecule has 0 aliphatic carbocycles. The number of aliphatic carboxylic acids is 1. The third kappa shape index (κ3) is 5.31. The smallest absolute Gasteiger partial charge is 0.408 e. The zero-order valence-electron chi connectivity index (χ0n) is 16.2. The van der Waals surface area contributed by atoms with Gasteiger partial charge in [0.1, 0.15) is 17.5 Å². The van der Waals surface area contributed by atoms with E-state index in [1.807, 2.05) is 0 Å². The van der Waals surface area contributed by atoms with Crippen LogP contribution in [0.1, 0.15) is 51.6 Å². The van der Waals surface area contributed by atoms with Crippen LogP contribution in [0.5, 0.6) is 0 Å². The Kier molecular flexibility index (Phi) is 6.43. The minimum absolute atomic E-state index is 0.0784. The molecule has 1 heterocycles. The number of amides is 2. The topological polar surface area (TPSA) is 95.9 Å². The molecular weight excluding hydrogens is 367 g/mol. The number of carboxylic acid groups (broad SMARTS) is 1. The summed E-state index contributed by atoms with van der Waals surface area (Å²) in [6, 6.07) is 2.15. The van der Waals surface area contributed by atoms with E-state index in [1.54, 1.807) is 26.8 Å². The molecule has 1 fully saturated rings. The molecule has 0 bridgehead atoms. The first-order valence-corrected chi connectivity index (χ1v) is 8.97. The number of hydrogen-bond acceptors (Lipinski definition) is 4. The fourth-order valence-electron chi connectivity index (χ4n) is 3.07. The number of benzene rings is 1. The van der Waals surface area contributed by atoms with Gasteiger partial charge in [-0.25, -0.2) is 14.0 Å². The van der Waals surface area contributed by atoms with Crippen molar-refractivity contribution in [3.8, 4) is 0 Å². The first-order chi connectivity index (χ1) is 13.0. The summed E-state index contributed by atoms with van der Waals surface area (Å²) in [4.78, 5) is 36.8. The zero-order valence-corrected chi connectivity index (χ0v) is 16.2. The summed E-state index contributed by atoms with van der Waals surface area (Å²) in [6.45, 7) is 8.82. The maximum atomic E-state index is 14.3. The second kappa shape index (κ2) is 8.41. The van der Waals surface area contributed by atoms with Crippen molar-refractivity contribution in [1.82, 2.24) is 5.32 Å². The molecule has 1 aliphatic rings. The summed E-state index contributed by atoms with van der Waals surface area (Å²) in [7, 11) is 0. The van der Waals surface area contributed by atoms with Gasteiger partial charge in [0.05, 0.1) is 6.04 Å². The van der Waals surface area contributed by atoms with Crippen molar-refractivity contribution in [2.75, 3.05) is 4.90 Å². The molecule has 1 saturated heterocycles. The van der Waals surface area contributed by atoms with Crippen molar-refractivity contribution in [1.29, 1.82) is 0 Å². The van der Waals surface area contributed by atoms with E-state index in [-0.39, 0.29) is 24.4 Å². The van der Waals surface area contributed by atoms with E-state index in [4.69, 9.17) is 4.74 Å². The maximum Gasteiger partial charge on any atom is 0.408 e. The van der Waals surface area contributed by atoms with Gasteiger partial charge in [-0.1, -0.05) is 6.08 Å². The summed E-state index contributed by atoms with van der Waals surface area (Å²) < 4.78 is 19.5. The van der Waals surface area contributed by atoms with Gasteiger partial charge in [0.2, 0.25) is 5.91 Å². The minimum Gasteiger partial charge on any atom is -0.480 e. The van der Waals surface area contributed by atoms with Gasteiger partial charge < -0.3 is 15.2 Å². The number of carboxylic acids is 1. The molecule has 8 heteroatoms. The lowest BCUT2D eigenvalue weighted by molar-refractivity contribution is -0.138. The van der Waals surface area contributed by atoms with Crippen LogP contribution >= 0.6 is 0 Å². The number of hydrogen-bond donors (Lipinski definition) is 2. The van der Waals surface area contributed by atoms with Crippen LogP contribution in [0.4, 0.5) is 14.9 Å². The van der Waals surface area contributed by atoms with Crippen molar-refractivity contribution >= 4 is 23.7 Å². The SMILES string of the molecule is C=CCC(NC(=O)OC(C)(C)C)c1cc(F)cc(N2C(=O)CC[C@@H]2C(=O)O)c1. The van der Waals surface area contributed by atoms with E-state index in [0.717, 1.165) is 11.0 Å². The highest BCUT2D eigenvalue weighted by atomic mass is 19.1. The molecule has 0 radical (unpaired) electrons. The molecule has 7 nitrogen and oxygen atoms in total.